The van der Waals surface area contributed by atoms with Crippen LogP contribution >= 0.6 is 0 Å². The van der Waals surface area contributed by atoms with Crippen LogP contribution < -0.4 is 9.47 Å². The number of rotatable bonds is 4. The maximum atomic E-state index is 10.8. The summed E-state index contributed by atoms with van der Waals surface area (Å²) in [4.78, 5) is 10.8. The van der Waals surface area contributed by atoms with Gasteiger partial charge in [-0.2, -0.15) is 0 Å². The Kier molecular flexibility index (Phi) is 3.83. The molecule has 1 aliphatic rings. The minimum atomic E-state index is -0.920. The Balaban J connectivity index is 1.89. The van der Waals surface area contributed by atoms with Gasteiger partial charge in [-0.3, -0.25) is 0 Å². The molecule has 2 aromatic rings. The molecule has 0 saturated carbocycles. The predicted molar refractivity (Wildman–Crippen MR) is 83.9 cm³/mol. The standard InChI is InChI=1S/C18H16O4/c1-2-12(10-18(19)20)13-3-5-14(6-4-13)15-7-8-16-17(9-15)22-11-21-16/h3-10H,2,11H2,1H3,(H,19,20)/b12-10+. The fraction of sp³-hybridized carbons (Fsp3) is 0.167. The second kappa shape index (κ2) is 5.93. The van der Waals surface area contributed by atoms with Crippen molar-refractivity contribution in [3.05, 3.63) is 54.1 Å². The first-order valence-electron chi connectivity index (χ1n) is 7.11. The summed E-state index contributed by atoms with van der Waals surface area (Å²) in [5.74, 6) is 0.594. The van der Waals surface area contributed by atoms with Gasteiger partial charge < -0.3 is 14.6 Å². The monoisotopic (exact) mass is 296 g/mol. The second-order valence-corrected chi connectivity index (χ2v) is 5.01. The number of hydrogen-bond acceptors (Lipinski definition) is 3. The van der Waals surface area contributed by atoms with E-state index in [0.717, 1.165) is 33.8 Å². The van der Waals surface area contributed by atoms with Crippen molar-refractivity contribution in [2.24, 2.45) is 0 Å². The highest BCUT2D eigenvalue weighted by atomic mass is 16.7. The van der Waals surface area contributed by atoms with Gasteiger partial charge in [0.2, 0.25) is 6.79 Å². The number of allylic oxidation sites excluding steroid dienone is 1. The molecule has 0 unspecified atom stereocenters. The van der Waals surface area contributed by atoms with E-state index in [9.17, 15) is 4.79 Å². The van der Waals surface area contributed by atoms with Crippen LogP contribution in [0.25, 0.3) is 16.7 Å². The smallest absolute Gasteiger partial charge is 0.328 e. The summed E-state index contributed by atoms with van der Waals surface area (Å²) in [6.07, 6.45) is 1.94. The molecule has 0 radical (unpaired) electrons. The molecule has 22 heavy (non-hydrogen) atoms. The molecule has 1 N–H and O–H groups in total. The summed E-state index contributed by atoms with van der Waals surface area (Å²) in [6, 6.07) is 13.7. The van der Waals surface area contributed by atoms with Crippen molar-refractivity contribution in [3.63, 3.8) is 0 Å². The van der Waals surface area contributed by atoms with Gasteiger partial charge in [0.15, 0.2) is 11.5 Å². The van der Waals surface area contributed by atoms with E-state index in [4.69, 9.17) is 14.6 Å². The van der Waals surface area contributed by atoms with Crippen molar-refractivity contribution in [2.45, 2.75) is 13.3 Å². The molecular formula is C18H16O4. The number of fused-ring (bicyclic) bond motifs is 1. The molecule has 0 aromatic heterocycles. The van der Waals surface area contributed by atoms with Crippen molar-refractivity contribution in [1.82, 2.24) is 0 Å². The summed E-state index contributed by atoms with van der Waals surface area (Å²) >= 11 is 0. The van der Waals surface area contributed by atoms with Crippen molar-refractivity contribution < 1.29 is 19.4 Å². The number of carboxylic acids is 1. The zero-order chi connectivity index (χ0) is 15.5. The van der Waals surface area contributed by atoms with Gasteiger partial charge in [0.1, 0.15) is 0 Å². The minimum absolute atomic E-state index is 0.261. The van der Waals surface area contributed by atoms with Crippen LogP contribution in [0.4, 0.5) is 0 Å². The summed E-state index contributed by atoms with van der Waals surface area (Å²) in [6.45, 7) is 2.21. The second-order valence-electron chi connectivity index (χ2n) is 5.01. The number of ether oxygens (including phenoxy) is 2. The lowest BCUT2D eigenvalue weighted by atomic mass is 9.98. The van der Waals surface area contributed by atoms with Crippen LogP contribution in [-0.4, -0.2) is 17.9 Å². The number of benzene rings is 2. The van der Waals surface area contributed by atoms with E-state index >= 15 is 0 Å². The molecule has 0 saturated heterocycles. The summed E-state index contributed by atoms with van der Waals surface area (Å²) < 4.78 is 10.7. The maximum absolute atomic E-state index is 10.8. The van der Waals surface area contributed by atoms with Crippen LogP contribution in [0.3, 0.4) is 0 Å². The van der Waals surface area contributed by atoms with Crippen LogP contribution in [0.1, 0.15) is 18.9 Å². The van der Waals surface area contributed by atoms with Gasteiger partial charge in [-0.15, -0.1) is 0 Å². The Morgan fingerprint density at radius 1 is 1.09 bits per heavy atom. The lowest BCUT2D eigenvalue weighted by molar-refractivity contribution is -0.131. The molecule has 0 amide bonds. The van der Waals surface area contributed by atoms with E-state index in [1.54, 1.807) is 0 Å². The number of carboxylic acid groups (broad SMARTS) is 1. The zero-order valence-electron chi connectivity index (χ0n) is 12.2. The highest BCUT2D eigenvalue weighted by Gasteiger charge is 2.13. The molecule has 1 aliphatic heterocycles. The molecule has 0 spiro atoms. The first-order valence-corrected chi connectivity index (χ1v) is 7.11. The molecule has 0 aliphatic carbocycles. The average molecular weight is 296 g/mol. The summed E-state index contributed by atoms with van der Waals surface area (Å²) in [7, 11) is 0. The van der Waals surface area contributed by atoms with E-state index in [2.05, 4.69) is 0 Å². The highest BCUT2D eigenvalue weighted by Crippen LogP contribution is 2.36. The molecule has 0 atom stereocenters. The van der Waals surface area contributed by atoms with Gasteiger partial charge in [0.05, 0.1) is 0 Å². The number of aliphatic carboxylic acids is 1. The van der Waals surface area contributed by atoms with Crippen LogP contribution in [0.5, 0.6) is 11.5 Å². The lowest BCUT2D eigenvalue weighted by Crippen LogP contribution is -1.92. The largest absolute Gasteiger partial charge is 0.478 e. The summed E-state index contributed by atoms with van der Waals surface area (Å²) in [5.41, 5.74) is 3.82. The van der Waals surface area contributed by atoms with Gasteiger partial charge in [-0.05, 0) is 40.8 Å². The van der Waals surface area contributed by atoms with Crippen LogP contribution in [0, 0.1) is 0 Å². The Labute approximate surface area is 128 Å². The SMILES string of the molecule is CC/C(=C\C(=O)O)c1ccc(-c2ccc3c(c2)OCO3)cc1. The molecule has 1 heterocycles. The lowest BCUT2D eigenvalue weighted by Gasteiger charge is -2.07. The first-order chi connectivity index (χ1) is 10.7. The van der Waals surface area contributed by atoms with E-state index in [1.807, 2.05) is 49.4 Å². The quantitative estimate of drug-likeness (QED) is 0.868. The third-order valence-corrected chi connectivity index (χ3v) is 3.64. The molecule has 112 valence electrons. The fourth-order valence-corrected chi connectivity index (χ4v) is 2.49. The van der Waals surface area contributed by atoms with E-state index < -0.39 is 5.97 Å². The highest BCUT2D eigenvalue weighted by molar-refractivity contribution is 5.90. The third-order valence-electron chi connectivity index (χ3n) is 3.64. The molecule has 3 rings (SSSR count). The van der Waals surface area contributed by atoms with Crippen molar-refractivity contribution in [1.29, 1.82) is 0 Å². The van der Waals surface area contributed by atoms with Crippen molar-refractivity contribution in [2.75, 3.05) is 6.79 Å². The molecular weight excluding hydrogens is 280 g/mol. The normalized spacial score (nSPS) is 13.2. The Hall–Kier alpha value is -2.75. The number of carbonyl (C=O) groups is 1. The zero-order valence-corrected chi connectivity index (χ0v) is 12.2. The van der Waals surface area contributed by atoms with Gasteiger partial charge in [0, 0.05) is 6.08 Å². The predicted octanol–water partition coefficient (Wildman–Crippen LogP) is 3.96. The van der Waals surface area contributed by atoms with Crippen LogP contribution in [0.2, 0.25) is 0 Å². The molecule has 4 nitrogen and oxygen atoms in total. The van der Waals surface area contributed by atoms with Gasteiger partial charge >= 0.3 is 5.97 Å². The van der Waals surface area contributed by atoms with Crippen molar-refractivity contribution >= 4 is 11.5 Å². The van der Waals surface area contributed by atoms with Crippen molar-refractivity contribution in [3.8, 4) is 22.6 Å². The molecule has 2 aromatic carbocycles. The van der Waals surface area contributed by atoms with Gasteiger partial charge in [-0.1, -0.05) is 37.3 Å². The Morgan fingerprint density at radius 3 is 2.45 bits per heavy atom. The first kappa shape index (κ1) is 14.2. The third kappa shape index (κ3) is 2.81. The molecule has 4 heteroatoms. The van der Waals surface area contributed by atoms with Crippen LogP contribution in [0.15, 0.2) is 48.5 Å². The topological polar surface area (TPSA) is 55.8 Å². The maximum Gasteiger partial charge on any atom is 0.328 e. The minimum Gasteiger partial charge on any atom is -0.478 e. The van der Waals surface area contributed by atoms with E-state index in [-0.39, 0.29) is 6.79 Å². The molecule has 0 fully saturated rings. The Bertz CT molecular complexity index is 729. The summed E-state index contributed by atoms with van der Waals surface area (Å²) in [5, 5.41) is 8.90. The Morgan fingerprint density at radius 2 is 1.77 bits per heavy atom. The molecule has 0 bridgehead atoms. The number of hydrogen-bond donors (Lipinski definition) is 1. The average Bonchev–Trinajstić information content (AvgIpc) is 3.00. The van der Waals surface area contributed by atoms with Gasteiger partial charge in [-0.25, -0.2) is 4.79 Å². The van der Waals surface area contributed by atoms with E-state index in [1.165, 1.54) is 6.08 Å². The van der Waals surface area contributed by atoms with Crippen LogP contribution in [-0.2, 0) is 4.79 Å². The fourth-order valence-electron chi connectivity index (χ4n) is 2.49. The van der Waals surface area contributed by atoms with Gasteiger partial charge in [0.25, 0.3) is 0 Å². The van der Waals surface area contributed by atoms with E-state index in [0.29, 0.717) is 6.42 Å².